The first-order chi connectivity index (χ1) is 44.1. The van der Waals surface area contributed by atoms with Crippen LogP contribution in [0.4, 0.5) is 40.5 Å². The maximum atomic E-state index is 16.7. The highest BCUT2D eigenvalue weighted by Crippen LogP contribution is 2.55. The second-order valence-corrected chi connectivity index (χ2v) is 27.5. The molecule has 3 saturated heterocycles. The number of hydrogen-bond donors (Lipinski definition) is 10. The Hall–Kier alpha value is -7.68. The van der Waals surface area contributed by atoms with E-state index in [0.717, 1.165) is 28.4 Å². The molecular formula is C52H68F2N16O19P2S2. The molecule has 3 unspecified atom stereocenters. The summed E-state index contributed by atoms with van der Waals surface area (Å²) < 4.78 is 80.4. The van der Waals surface area contributed by atoms with Crippen LogP contribution in [0.2, 0.25) is 0 Å². The number of primary amides is 1. The Balaban J connectivity index is 0.796. The number of carbonyl (C=O) groups excluding carboxylic acids is 7. The first-order valence-electron chi connectivity index (χ1n) is 28.7. The summed E-state index contributed by atoms with van der Waals surface area (Å²) >= 11 is 10.5. The lowest BCUT2D eigenvalue weighted by Crippen LogP contribution is -2.46. The molecule has 0 spiro atoms. The van der Waals surface area contributed by atoms with E-state index in [2.05, 4.69) is 56.5 Å². The second kappa shape index (κ2) is 31.5. The second-order valence-electron chi connectivity index (χ2n) is 21.9. The Bertz CT molecular complexity index is 3660. The number of halogens is 2. The molecule has 5 aromatic rings. The zero-order chi connectivity index (χ0) is 67.5. The van der Waals surface area contributed by atoms with Gasteiger partial charge < -0.3 is 80.5 Å². The van der Waals surface area contributed by atoms with Gasteiger partial charge in [0, 0.05) is 51.0 Å². The average Bonchev–Trinajstić information content (AvgIpc) is 1.63. The lowest BCUT2D eigenvalue weighted by Gasteiger charge is -2.29. The van der Waals surface area contributed by atoms with Crippen molar-refractivity contribution in [2.75, 3.05) is 62.9 Å². The molecule has 0 saturated carbocycles. The van der Waals surface area contributed by atoms with Gasteiger partial charge in [-0.25, -0.2) is 53.1 Å². The van der Waals surface area contributed by atoms with Crippen molar-refractivity contribution in [3.05, 3.63) is 55.1 Å². The predicted octanol–water partition coefficient (Wildman–Crippen LogP) is 2.51. The number of rotatable bonds is 25. The van der Waals surface area contributed by atoms with Crippen LogP contribution in [0, 0.1) is 17.8 Å². The number of nitrogen functional groups attached to an aromatic ring is 1. The number of benzene rings is 1. The Morgan fingerprint density at radius 3 is 1.97 bits per heavy atom. The molecule has 7 amide bonds. The topological polar surface area (TPSA) is 474 Å². The van der Waals surface area contributed by atoms with Gasteiger partial charge in [0.15, 0.2) is 59.0 Å². The van der Waals surface area contributed by atoms with Gasteiger partial charge in [-0.2, -0.15) is 0 Å². The van der Waals surface area contributed by atoms with Crippen molar-refractivity contribution in [3.8, 4) is 0 Å². The first kappa shape index (κ1) is 71.2. The smallest absolute Gasteiger partial charge is 0.412 e. The first-order valence-corrected chi connectivity index (χ1v) is 33.8. The number of fused-ring (bicyclic) bond motifs is 4. The number of aliphatic carboxylic acids is 1. The van der Waals surface area contributed by atoms with Gasteiger partial charge in [-0.05, 0) is 60.1 Å². The van der Waals surface area contributed by atoms with Gasteiger partial charge in [0.05, 0.1) is 44.4 Å². The number of amides is 7. The molecule has 0 aliphatic carbocycles. The Kier molecular flexibility index (Phi) is 24.1. The zero-order valence-corrected chi connectivity index (χ0v) is 53.5. The van der Waals surface area contributed by atoms with E-state index in [1.807, 2.05) is 0 Å². The molecule has 3 fully saturated rings. The average molecular weight is 1390 g/mol. The number of hydrogen-bond acceptors (Lipinski definition) is 25. The fourth-order valence-electron chi connectivity index (χ4n) is 9.80. The fraction of sp³-hybridized carbons (Fsp3) is 0.538. The van der Waals surface area contributed by atoms with Crippen LogP contribution < -0.4 is 38.1 Å². The number of ether oxygens (including phenoxy) is 4. The Labute approximate surface area is 537 Å². The third kappa shape index (κ3) is 18.8. The van der Waals surface area contributed by atoms with E-state index in [-0.39, 0.29) is 98.9 Å². The standard InChI is InChI=1S/C52H68F2N16O19P2S2/c1-25(2)37(66-33(72)11-13-57-34(73)16-26(3)49(75)76)30(71)17-28(6-5-12-58-50(56)77)46(74)65-29-9-7-27(8-10-29)18-83-52(79)68(4)14-15-82-51(78)67-43-39-45(62-22-60-43)70(24-64-39)48-36(54)41-32(87-48)20-85-90(80,92)88-40-31(19-84-91(81,93)89-41)86-47(35(40)53)69-23-63-38-42(55)59-21-61-44(38)69/h7-10,21-26,28,31-32,35-37,40-41,47-48H,5-6,11-20H2,1-4H3,(H,57,73)(H,65,74)(H,66,72)(H,75,76)(H,80,92)(H,81,93)(H2,55,59,61)(H3,56,58,77)(H,60,62,67,78)/t26?,28-,31-,32-,35-,36-,37+,40-,41-,47-,48-,90?,91?/m1/s1. The normalized spacial score (nSPS) is 24.8. The molecule has 506 valence electrons. The van der Waals surface area contributed by atoms with Crippen molar-refractivity contribution in [1.82, 2.24) is 59.9 Å². The summed E-state index contributed by atoms with van der Waals surface area (Å²) in [7, 11) is 1.39. The number of urea groups is 1. The van der Waals surface area contributed by atoms with Crippen LogP contribution >= 0.6 is 13.4 Å². The number of aromatic nitrogens is 8. The summed E-state index contributed by atoms with van der Waals surface area (Å²) in [5, 5.41) is 21.8. The van der Waals surface area contributed by atoms with Crippen LogP contribution in [0.5, 0.6) is 0 Å². The number of alkyl halides is 2. The SMILES string of the molecule is CC(CC(=O)NCCC(=O)N[C@H](C(=O)C[C@@H](CCCNC(N)=O)C(=O)Nc1ccc(COC(=O)N(C)CCOC(=O)Nc2ncnc3c2ncn3[C@@H]2O[C@@H]3COP(O)(=S)O[C@H]4[C@@H](F)[C@H](n5cnc6c(N)ncnc65)O[C@@H]4COP(O)(=S)O[C@H]3[C@H]2F)cc1)C(C)C)C(=O)O. The maximum absolute atomic E-state index is 16.7. The lowest BCUT2D eigenvalue weighted by molar-refractivity contribution is -0.143. The lowest BCUT2D eigenvalue weighted by atomic mass is 9.89. The van der Waals surface area contributed by atoms with Gasteiger partial charge in [0.1, 0.15) is 55.8 Å². The van der Waals surface area contributed by atoms with E-state index in [1.165, 1.54) is 24.9 Å². The van der Waals surface area contributed by atoms with Crippen molar-refractivity contribution in [3.63, 3.8) is 0 Å². The monoisotopic (exact) mass is 1380 g/mol. The van der Waals surface area contributed by atoms with E-state index < -0.39 is 147 Å². The molecule has 8 rings (SSSR count). The molecule has 93 heavy (non-hydrogen) atoms. The largest absolute Gasteiger partial charge is 0.481 e. The number of imidazole rings is 2. The Morgan fingerprint density at radius 2 is 1.38 bits per heavy atom. The van der Waals surface area contributed by atoms with E-state index in [0.29, 0.717) is 11.3 Å². The molecule has 4 aromatic heterocycles. The van der Waals surface area contributed by atoms with E-state index in [1.54, 1.807) is 38.1 Å². The number of nitrogens with one attached hydrogen (secondary N) is 5. The van der Waals surface area contributed by atoms with Crippen LogP contribution in [-0.2, 0) is 91.2 Å². The molecular weight excluding hydrogens is 1320 g/mol. The number of likely N-dealkylation sites (N-methyl/N-ethyl adjacent to an activating group) is 1. The van der Waals surface area contributed by atoms with Crippen LogP contribution in [-0.4, -0.2) is 196 Å². The van der Waals surface area contributed by atoms with Crippen molar-refractivity contribution < 1.29 is 99.1 Å². The van der Waals surface area contributed by atoms with Gasteiger partial charge in [-0.3, -0.25) is 47.5 Å². The minimum atomic E-state index is -4.44. The summed E-state index contributed by atoms with van der Waals surface area (Å²) in [6.45, 7) is -6.19. The molecule has 3 aliphatic rings. The summed E-state index contributed by atoms with van der Waals surface area (Å²) in [6, 6.07) is 4.48. The number of anilines is 3. The zero-order valence-electron chi connectivity index (χ0n) is 50.1. The van der Waals surface area contributed by atoms with Crippen LogP contribution in [0.1, 0.15) is 70.9 Å². The molecule has 35 nitrogen and oxygen atoms in total. The quantitative estimate of drug-likeness (QED) is 0.0296. The number of carboxylic acids is 1. The highest BCUT2D eigenvalue weighted by molar-refractivity contribution is 8.07. The minimum Gasteiger partial charge on any atom is -0.481 e. The molecule has 1 aromatic carbocycles. The van der Waals surface area contributed by atoms with Gasteiger partial charge >= 0.3 is 37.6 Å². The summed E-state index contributed by atoms with van der Waals surface area (Å²) in [5.41, 5.74) is 12.0. The molecule has 7 heterocycles. The van der Waals surface area contributed by atoms with E-state index in [4.69, 9.17) is 77.2 Å². The number of ketones is 1. The molecule has 0 radical (unpaired) electrons. The summed E-state index contributed by atoms with van der Waals surface area (Å²) in [5.74, 6) is -5.63. The maximum Gasteiger partial charge on any atom is 0.412 e. The molecule has 41 heteroatoms. The third-order valence-corrected chi connectivity index (χ3v) is 17.8. The number of nitrogens with zero attached hydrogens (tertiary/aromatic N) is 9. The number of Topliss-reactive ketones (excluding diaryl/α,β-unsaturated/α-hetero) is 1. The molecule has 0 bridgehead atoms. The summed E-state index contributed by atoms with van der Waals surface area (Å²) in [4.78, 5) is 149. The molecule has 12 N–H and O–H groups in total. The van der Waals surface area contributed by atoms with Gasteiger partial charge in [-0.15, -0.1) is 0 Å². The van der Waals surface area contributed by atoms with Crippen molar-refractivity contribution in [2.45, 2.75) is 115 Å². The minimum absolute atomic E-state index is 0.0110. The van der Waals surface area contributed by atoms with Crippen LogP contribution in [0.15, 0.2) is 49.6 Å². The van der Waals surface area contributed by atoms with Gasteiger partial charge in [-0.1, -0.05) is 32.9 Å². The number of nitrogens with two attached hydrogens (primary N) is 2. The van der Waals surface area contributed by atoms with E-state index >= 15 is 8.78 Å². The third-order valence-electron chi connectivity index (χ3n) is 14.7. The molecule has 3 aliphatic heterocycles. The number of carbonyl (C=O) groups is 8. The number of carboxylic acid groups (broad SMARTS) is 1. The molecule has 13 atom stereocenters. The van der Waals surface area contributed by atoms with Gasteiger partial charge in [0.2, 0.25) is 17.7 Å². The van der Waals surface area contributed by atoms with Crippen LogP contribution in [0.25, 0.3) is 22.3 Å². The summed E-state index contributed by atoms with van der Waals surface area (Å²) in [6.07, 6.45) is -11.5. The van der Waals surface area contributed by atoms with Crippen molar-refractivity contribution in [2.24, 2.45) is 23.5 Å². The van der Waals surface area contributed by atoms with Gasteiger partial charge in [0.25, 0.3) is 0 Å². The van der Waals surface area contributed by atoms with E-state index in [9.17, 15) is 48.1 Å². The van der Waals surface area contributed by atoms with Crippen LogP contribution in [0.3, 0.4) is 0 Å². The predicted molar refractivity (Wildman–Crippen MR) is 326 cm³/mol. The van der Waals surface area contributed by atoms with Crippen molar-refractivity contribution in [1.29, 1.82) is 0 Å². The highest BCUT2D eigenvalue weighted by atomic mass is 32.5. The van der Waals surface area contributed by atoms with Crippen molar-refractivity contribution >= 4 is 124 Å². The highest BCUT2D eigenvalue weighted by Gasteiger charge is 2.54. The Morgan fingerprint density at radius 1 is 0.785 bits per heavy atom. The fourth-order valence-corrected chi connectivity index (χ4v) is 12.7.